The first-order chi connectivity index (χ1) is 9.18. The van der Waals surface area contributed by atoms with Gasteiger partial charge in [-0.3, -0.25) is 0 Å². The van der Waals surface area contributed by atoms with Crippen molar-refractivity contribution in [3.63, 3.8) is 0 Å². The zero-order chi connectivity index (χ0) is 13.3. The molecular weight excluding hydrogens is 286 g/mol. The summed E-state index contributed by atoms with van der Waals surface area (Å²) in [5.74, 6) is 0.688. The summed E-state index contributed by atoms with van der Waals surface area (Å²) in [5.41, 5.74) is 0. The molecule has 3 heterocycles. The van der Waals surface area contributed by atoms with Gasteiger partial charge in [-0.05, 0) is 11.4 Å². The molecule has 1 N–H and O–H groups in total. The van der Waals surface area contributed by atoms with Crippen LogP contribution in [0.4, 0.5) is 5.95 Å². The summed E-state index contributed by atoms with van der Waals surface area (Å²) < 4.78 is 26.6. The molecule has 0 spiro atoms. The van der Waals surface area contributed by atoms with Crippen LogP contribution in [0.25, 0.3) is 0 Å². The van der Waals surface area contributed by atoms with Crippen LogP contribution in [-0.2, 0) is 10.0 Å². The first-order valence-electron chi connectivity index (χ1n) is 5.82. The summed E-state index contributed by atoms with van der Waals surface area (Å²) in [6.07, 6.45) is 1.45. The normalized spacial score (nSPS) is 17.8. The molecule has 0 saturated carbocycles. The van der Waals surface area contributed by atoms with E-state index in [0.29, 0.717) is 36.3 Å². The maximum atomic E-state index is 12.3. The molecule has 3 rings (SSSR count). The quantitative estimate of drug-likeness (QED) is 0.886. The summed E-state index contributed by atoms with van der Waals surface area (Å²) in [4.78, 5) is 6.06. The average Bonchev–Trinajstić information content (AvgIpc) is 3.12. The Labute approximate surface area is 114 Å². The Balaban J connectivity index is 1.71. The standard InChI is InChI=1S/C10H13N5O2S2/c16-19(17,9-2-1-7-18-9)15-5-3-14(4-6-15)10-11-8-12-13-10/h1-2,7-8H,3-6H2,(H,11,12,13). The third-order valence-corrected chi connectivity index (χ3v) is 6.30. The molecule has 2 aromatic rings. The Bertz CT molecular complexity index is 615. The monoisotopic (exact) mass is 299 g/mol. The zero-order valence-corrected chi connectivity index (χ0v) is 11.7. The van der Waals surface area contributed by atoms with Crippen molar-refractivity contribution in [1.82, 2.24) is 19.5 Å². The van der Waals surface area contributed by atoms with Gasteiger partial charge in [0.15, 0.2) is 0 Å². The van der Waals surface area contributed by atoms with E-state index in [9.17, 15) is 8.42 Å². The highest BCUT2D eigenvalue weighted by atomic mass is 32.2. The zero-order valence-electron chi connectivity index (χ0n) is 10.1. The van der Waals surface area contributed by atoms with Crippen molar-refractivity contribution in [2.24, 2.45) is 0 Å². The minimum absolute atomic E-state index is 0.403. The number of rotatable bonds is 3. The Kier molecular flexibility index (Phi) is 3.25. The number of anilines is 1. The molecule has 9 heteroatoms. The lowest BCUT2D eigenvalue weighted by molar-refractivity contribution is 0.383. The number of aromatic nitrogens is 3. The van der Waals surface area contributed by atoms with Crippen LogP contribution >= 0.6 is 11.3 Å². The predicted molar refractivity (Wildman–Crippen MR) is 71.7 cm³/mol. The summed E-state index contributed by atoms with van der Waals surface area (Å²) in [7, 11) is -3.33. The molecule has 7 nitrogen and oxygen atoms in total. The van der Waals surface area contributed by atoms with Gasteiger partial charge in [-0.25, -0.2) is 13.5 Å². The van der Waals surface area contributed by atoms with E-state index in [2.05, 4.69) is 15.2 Å². The van der Waals surface area contributed by atoms with Gasteiger partial charge >= 0.3 is 0 Å². The van der Waals surface area contributed by atoms with E-state index in [1.165, 1.54) is 22.0 Å². The fourth-order valence-electron chi connectivity index (χ4n) is 2.03. The average molecular weight is 299 g/mol. The highest BCUT2D eigenvalue weighted by molar-refractivity contribution is 7.91. The van der Waals surface area contributed by atoms with Crippen molar-refractivity contribution < 1.29 is 8.42 Å². The number of hydrogen-bond donors (Lipinski definition) is 1. The third kappa shape index (κ3) is 2.36. The van der Waals surface area contributed by atoms with E-state index in [1.807, 2.05) is 4.90 Å². The highest BCUT2D eigenvalue weighted by Crippen LogP contribution is 2.22. The molecule has 0 unspecified atom stereocenters. The van der Waals surface area contributed by atoms with Crippen molar-refractivity contribution in [3.05, 3.63) is 23.8 Å². The minimum Gasteiger partial charge on any atom is -0.339 e. The van der Waals surface area contributed by atoms with Gasteiger partial charge in [-0.1, -0.05) is 6.07 Å². The second-order valence-electron chi connectivity index (χ2n) is 4.13. The molecular formula is C10H13N5O2S2. The molecule has 0 bridgehead atoms. The van der Waals surface area contributed by atoms with Gasteiger partial charge in [0.2, 0.25) is 5.95 Å². The van der Waals surface area contributed by atoms with Crippen LogP contribution in [0.5, 0.6) is 0 Å². The largest absolute Gasteiger partial charge is 0.339 e. The minimum atomic E-state index is -3.33. The third-order valence-electron chi connectivity index (χ3n) is 3.03. The molecule has 102 valence electrons. The van der Waals surface area contributed by atoms with Gasteiger partial charge in [0.25, 0.3) is 10.0 Å². The van der Waals surface area contributed by atoms with Crippen LogP contribution in [0, 0.1) is 0 Å². The molecule has 1 fully saturated rings. The molecule has 1 aliphatic heterocycles. The Morgan fingerprint density at radius 3 is 2.63 bits per heavy atom. The van der Waals surface area contributed by atoms with Crippen LogP contribution in [0.1, 0.15) is 0 Å². The number of nitrogens with zero attached hydrogens (tertiary/aromatic N) is 4. The van der Waals surface area contributed by atoms with Crippen molar-refractivity contribution in [2.75, 3.05) is 31.1 Å². The van der Waals surface area contributed by atoms with E-state index < -0.39 is 10.0 Å². The van der Waals surface area contributed by atoms with Crippen LogP contribution in [0.3, 0.4) is 0 Å². The number of H-pyrrole nitrogens is 1. The SMILES string of the molecule is O=S(=O)(c1cccs1)N1CCN(c2ncn[nH]2)CC1. The van der Waals surface area contributed by atoms with Crippen LogP contribution in [0.2, 0.25) is 0 Å². The van der Waals surface area contributed by atoms with Crippen molar-refractivity contribution in [2.45, 2.75) is 4.21 Å². The van der Waals surface area contributed by atoms with E-state index in [4.69, 9.17) is 0 Å². The second kappa shape index (κ2) is 4.91. The van der Waals surface area contributed by atoms with Gasteiger partial charge in [0.1, 0.15) is 10.5 Å². The fourth-order valence-corrected chi connectivity index (χ4v) is 4.60. The summed E-state index contributed by atoms with van der Waals surface area (Å²) in [5, 5.41) is 8.36. The van der Waals surface area contributed by atoms with E-state index in [-0.39, 0.29) is 0 Å². The number of hydrogen-bond acceptors (Lipinski definition) is 6. The lowest BCUT2D eigenvalue weighted by Gasteiger charge is -2.33. The Morgan fingerprint density at radius 1 is 1.26 bits per heavy atom. The van der Waals surface area contributed by atoms with Crippen LogP contribution in [-0.4, -0.2) is 54.1 Å². The predicted octanol–water partition coefficient (Wildman–Crippen LogP) is 0.377. The Morgan fingerprint density at radius 2 is 2.05 bits per heavy atom. The van der Waals surface area contributed by atoms with Crippen molar-refractivity contribution >= 4 is 27.3 Å². The number of piperazine rings is 1. The van der Waals surface area contributed by atoms with E-state index in [0.717, 1.165) is 0 Å². The van der Waals surface area contributed by atoms with Gasteiger partial charge in [-0.2, -0.15) is 14.4 Å². The van der Waals surface area contributed by atoms with Crippen molar-refractivity contribution in [1.29, 1.82) is 0 Å². The molecule has 2 aromatic heterocycles. The van der Waals surface area contributed by atoms with E-state index >= 15 is 0 Å². The molecule has 0 amide bonds. The maximum Gasteiger partial charge on any atom is 0.252 e. The molecule has 0 radical (unpaired) electrons. The molecule has 0 aliphatic carbocycles. The summed E-state index contributed by atoms with van der Waals surface area (Å²) in [6, 6.07) is 3.39. The lowest BCUT2D eigenvalue weighted by Crippen LogP contribution is -2.48. The van der Waals surface area contributed by atoms with Gasteiger partial charge < -0.3 is 4.90 Å². The van der Waals surface area contributed by atoms with Gasteiger partial charge in [0, 0.05) is 26.2 Å². The number of aromatic amines is 1. The summed E-state index contributed by atoms with van der Waals surface area (Å²) in [6.45, 7) is 2.14. The van der Waals surface area contributed by atoms with Crippen LogP contribution < -0.4 is 4.90 Å². The molecule has 0 aromatic carbocycles. The summed E-state index contributed by atoms with van der Waals surface area (Å²) >= 11 is 1.25. The van der Waals surface area contributed by atoms with Crippen molar-refractivity contribution in [3.8, 4) is 0 Å². The number of sulfonamides is 1. The molecule has 0 atom stereocenters. The smallest absolute Gasteiger partial charge is 0.252 e. The van der Waals surface area contributed by atoms with E-state index in [1.54, 1.807) is 17.5 Å². The second-order valence-corrected chi connectivity index (χ2v) is 7.24. The number of thiophene rings is 1. The van der Waals surface area contributed by atoms with Crippen LogP contribution in [0.15, 0.2) is 28.0 Å². The lowest BCUT2D eigenvalue weighted by atomic mass is 10.4. The molecule has 1 saturated heterocycles. The topological polar surface area (TPSA) is 82.2 Å². The van der Waals surface area contributed by atoms with Gasteiger partial charge in [-0.15, -0.1) is 11.3 Å². The number of nitrogens with one attached hydrogen (secondary N) is 1. The first kappa shape index (κ1) is 12.6. The molecule has 19 heavy (non-hydrogen) atoms. The van der Waals surface area contributed by atoms with Gasteiger partial charge in [0.05, 0.1) is 0 Å². The highest BCUT2D eigenvalue weighted by Gasteiger charge is 2.29. The Hall–Kier alpha value is -1.45. The molecule has 1 aliphatic rings. The fraction of sp³-hybridized carbons (Fsp3) is 0.400. The first-order valence-corrected chi connectivity index (χ1v) is 8.14. The maximum absolute atomic E-state index is 12.3.